The summed E-state index contributed by atoms with van der Waals surface area (Å²) in [6.45, 7) is 0.729. The molecule has 92 valence electrons. The van der Waals surface area contributed by atoms with Crippen LogP contribution in [0, 0.1) is 0 Å². The van der Waals surface area contributed by atoms with Crippen LogP contribution in [0.4, 0.5) is 0 Å². The van der Waals surface area contributed by atoms with Crippen molar-refractivity contribution in [2.45, 2.75) is 12.8 Å². The van der Waals surface area contributed by atoms with Gasteiger partial charge in [-0.2, -0.15) is 0 Å². The van der Waals surface area contributed by atoms with E-state index in [2.05, 4.69) is 23.2 Å². The van der Waals surface area contributed by atoms with Crippen molar-refractivity contribution in [1.82, 2.24) is 4.98 Å². The van der Waals surface area contributed by atoms with Gasteiger partial charge in [-0.25, -0.2) is 4.98 Å². The van der Waals surface area contributed by atoms with Crippen LogP contribution in [0.15, 0.2) is 41.0 Å². The minimum absolute atomic E-state index is 0.729. The van der Waals surface area contributed by atoms with E-state index in [1.165, 1.54) is 10.3 Å². The van der Waals surface area contributed by atoms with Gasteiger partial charge in [-0.15, -0.1) is 11.3 Å². The molecule has 0 fully saturated rings. The van der Waals surface area contributed by atoms with Crippen LogP contribution in [0.2, 0.25) is 0 Å². The van der Waals surface area contributed by atoms with E-state index in [0.717, 1.165) is 35.7 Å². The van der Waals surface area contributed by atoms with Gasteiger partial charge in [-0.05, 0) is 49.2 Å². The molecule has 1 aromatic carbocycles. The number of nitrogens with two attached hydrogens (primary N) is 1. The van der Waals surface area contributed by atoms with E-state index in [0.29, 0.717) is 0 Å². The standard InChI is InChI=1S/C14H14N2OS/c15-7-1-3-10-5-6-13-11(9-10)16-14(18-13)12-4-2-8-17-12/h2,4-6,8-9H,1,3,7,15H2. The molecular formula is C14H14N2OS. The molecule has 2 aromatic heterocycles. The fraction of sp³-hybridized carbons (Fsp3) is 0.214. The van der Waals surface area contributed by atoms with Crippen molar-refractivity contribution >= 4 is 21.6 Å². The Labute approximate surface area is 109 Å². The lowest BCUT2D eigenvalue weighted by atomic mass is 10.1. The highest BCUT2D eigenvalue weighted by Gasteiger charge is 2.08. The fourth-order valence-electron chi connectivity index (χ4n) is 1.94. The molecule has 2 N–H and O–H groups in total. The monoisotopic (exact) mass is 258 g/mol. The van der Waals surface area contributed by atoms with Crippen LogP contribution >= 0.6 is 11.3 Å². The number of fused-ring (bicyclic) bond motifs is 1. The average Bonchev–Trinajstić information content (AvgIpc) is 3.03. The second-order valence-corrected chi connectivity index (χ2v) is 5.22. The van der Waals surface area contributed by atoms with E-state index in [1.807, 2.05) is 12.1 Å². The van der Waals surface area contributed by atoms with Crippen molar-refractivity contribution in [2.75, 3.05) is 6.54 Å². The van der Waals surface area contributed by atoms with Gasteiger partial charge in [-0.1, -0.05) is 6.07 Å². The Morgan fingerprint density at radius 1 is 1.28 bits per heavy atom. The van der Waals surface area contributed by atoms with Gasteiger partial charge in [0.25, 0.3) is 0 Å². The third-order valence-corrected chi connectivity index (χ3v) is 3.90. The number of thiazole rings is 1. The lowest BCUT2D eigenvalue weighted by Crippen LogP contribution is -2.00. The first-order valence-corrected chi connectivity index (χ1v) is 6.82. The Hall–Kier alpha value is -1.65. The summed E-state index contributed by atoms with van der Waals surface area (Å²) in [5, 5.41) is 0.936. The average molecular weight is 258 g/mol. The summed E-state index contributed by atoms with van der Waals surface area (Å²) in [4.78, 5) is 4.62. The van der Waals surface area contributed by atoms with Crippen LogP contribution < -0.4 is 5.73 Å². The Morgan fingerprint density at radius 2 is 2.22 bits per heavy atom. The number of nitrogens with zero attached hydrogens (tertiary/aromatic N) is 1. The quantitative estimate of drug-likeness (QED) is 0.779. The highest BCUT2D eigenvalue weighted by atomic mass is 32.1. The molecule has 3 nitrogen and oxygen atoms in total. The molecule has 0 amide bonds. The molecular weight excluding hydrogens is 244 g/mol. The maximum absolute atomic E-state index is 5.53. The van der Waals surface area contributed by atoms with Crippen LogP contribution in [-0.2, 0) is 6.42 Å². The predicted molar refractivity (Wildman–Crippen MR) is 74.7 cm³/mol. The second-order valence-electron chi connectivity index (χ2n) is 4.19. The summed E-state index contributed by atoms with van der Waals surface area (Å²) in [5.74, 6) is 0.833. The third kappa shape index (κ3) is 2.17. The maximum atomic E-state index is 5.53. The zero-order chi connectivity index (χ0) is 12.4. The minimum Gasteiger partial charge on any atom is -0.462 e. The van der Waals surface area contributed by atoms with E-state index in [9.17, 15) is 0 Å². The first kappa shape index (κ1) is 11.4. The number of rotatable bonds is 4. The highest BCUT2D eigenvalue weighted by Crippen LogP contribution is 2.30. The molecule has 0 aliphatic rings. The summed E-state index contributed by atoms with van der Waals surface area (Å²) < 4.78 is 6.57. The zero-order valence-corrected chi connectivity index (χ0v) is 10.7. The van der Waals surface area contributed by atoms with Gasteiger partial charge < -0.3 is 10.2 Å². The molecule has 2 heterocycles. The van der Waals surface area contributed by atoms with Crippen LogP contribution in [-0.4, -0.2) is 11.5 Å². The van der Waals surface area contributed by atoms with E-state index < -0.39 is 0 Å². The Bertz CT molecular complexity index is 643. The van der Waals surface area contributed by atoms with Crippen LogP contribution in [0.25, 0.3) is 21.0 Å². The summed E-state index contributed by atoms with van der Waals surface area (Å²) in [6.07, 6.45) is 3.70. The number of furan rings is 1. The molecule has 0 saturated heterocycles. The Morgan fingerprint density at radius 3 is 3.00 bits per heavy atom. The van der Waals surface area contributed by atoms with Crippen molar-refractivity contribution < 1.29 is 4.42 Å². The lowest BCUT2D eigenvalue weighted by molar-refractivity contribution is 0.582. The molecule has 4 heteroatoms. The molecule has 0 aliphatic heterocycles. The topological polar surface area (TPSA) is 52.0 Å². The molecule has 18 heavy (non-hydrogen) atoms. The van der Waals surface area contributed by atoms with Crippen LogP contribution in [0.3, 0.4) is 0 Å². The molecule has 3 rings (SSSR count). The van der Waals surface area contributed by atoms with Gasteiger partial charge in [0.1, 0.15) is 0 Å². The fourth-order valence-corrected chi connectivity index (χ4v) is 2.85. The summed E-state index contributed by atoms with van der Waals surface area (Å²) in [5.41, 5.74) is 7.87. The number of benzene rings is 1. The van der Waals surface area contributed by atoms with Gasteiger partial charge in [0.2, 0.25) is 0 Å². The zero-order valence-electron chi connectivity index (χ0n) is 9.93. The van der Waals surface area contributed by atoms with Gasteiger partial charge in [0.05, 0.1) is 16.5 Å². The normalized spacial score (nSPS) is 11.2. The number of hydrogen-bond donors (Lipinski definition) is 1. The third-order valence-electron chi connectivity index (χ3n) is 2.85. The van der Waals surface area contributed by atoms with E-state index in [-0.39, 0.29) is 0 Å². The maximum Gasteiger partial charge on any atom is 0.162 e. The van der Waals surface area contributed by atoms with Crippen molar-refractivity contribution in [3.05, 3.63) is 42.2 Å². The van der Waals surface area contributed by atoms with Crippen LogP contribution in [0.1, 0.15) is 12.0 Å². The number of aromatic nitrogens is 1. The van der Waals surface area contributed by atoms with E-state index in [1.54, 1.807) is 17.6 Å². The second kappa shape index (κ2) is 4.92. The van der Waals surface area contributed by atoms with Gasteiger partial charge in [0, 0.05) is 0 Å². The number of hydrogen-bond acceptors (Lipinski definition) is 4. The Balaban J connectivity index is 1.97. The van der Waals surface area contributed by atoms with Crippen molar-refractivity contribution in [1.29, 1.82) is 0 Å². The first-order chi connectivity index (χ1) is 8.86. The lowest BCUT2D eigenvalue weighted by Gasteiger charge is -1.98. The van der Waals surface area contributed by atoms with Crippen molar-refractivity contribution in [2.24, 2.45) is 5.73 Å². The largest absolute Gasteiger partial charge is 0.462 e. The molecule has 0 radical (unpaired) electrons. The summed E-state index contributed by atoms with van der Waals surface area (Å²) in [6, 6.07) is 10.3. The molecule has 0 saturated carbocycles. The Kier molecular flexibility index (Phi) is 3.13. The molecule has 0 aliphatic carbocycles. The van der Waals surface area contributed by atoms with Gasteiger partial charge in [-0.3, -0.25) is 0 Å². The molecule has 3 aromatic rings. The minimum atomic E-state index is 0.729. The van der Waals surface area contributed by atoms with Gasteiger partial charge in [0.15, 0.2) is 10.8 Å². The molecule has 0 spiro atoms. The van der Waals surface area contributed by atoms with E-state index >= 15 is 0 Å². The molecule has 0 atom stereocenters. The van der Waals surface area contributed by atoms with Crippen LogP contribution in [0.5, 0.6) is 0 Å². The molecule has 0 unspecified atom stereocenters. The smallest absolute Gasteiger partial charge is 0.162 e. The van der Waals surface area contributed by atoms with Crippen molar-refractivity contribution in [3.8, 4) is 10.8 Å². The van der Waals surface area contributed by atoms with Gasteiger partial charge >= 0.3 is 0 Å². The first-order valence-electron chi connectivity index (χ1n) is 6.00. The SMILES string of the molecule is NCCCc1ccc2sc(-c3ccco3)nc2c1. The van der Waals surface area contributed by atoms with Crippen molar-refractivity contribution in [3.63, 3.8) is 0 Å². The highest BCUT2D eigenvalue weighted by molar-refractivity contribution is 7.21. The predicted octanol–water partition coefficient (Wildman–Crippen LogP) is 3.45. The summed E-state index contributed by atoms with van der Waals surface area (Å²) >= 11 is 1.66. The molecule has 0 bridgehead atoms. The number of aryl methyl sites for hydroxylation is 1. The van der Waals surface area contributed by atoms with E-state index in [4.69, 9.17) is 10.2 Å². The summed E-state index contributed by atoms with van der Waals surface area (Å²) in [7, 11) is 0.